The molecule has 0 radical (unpaired) electrons. The Bertz CT molecular complexity index is 542. The number of carbonyl (C=O) groups excluding carboxylic acids is 1. The second kappa shape index (κ2) is 10.6. The number of nitrogens with one attached hydrogen (secondary N) is 1. The zero-order valence-electron chi connectivity index (χ0n) is 19.7. The molecule has 0 spiro atoms. The molecule has 0 unspecified atom stereocenters. The molecule has 6 heteroatoms. The Labute approximate surface area is 183 Å². The van der Waals surface area contributed by atoms with E-state index in [-0.39, 0.29) is 12.1 Å². The molecule has 3 atom stereocenters. The smallest absolute Gasteiger partial charge is 0.410 e. The lowest BCUT2D eigenvalue weighted by molar-refractivity contribution is -0.0491. The van der Waals surface area contributed by atoms with Crippen molar-refractivity contribution in [1.82, 2.24) is 10.2 Å². The van der Waals surface area contributed by atoms with Gasteiger partial charge in [0.1, 0.15) is 5.60 Å². The van der Waals surface area contributed by atoms with Crippen molar-refractivity contribution in [3.05, 3.63) is 0 Å². The first-order chi connectivity index (χ1) is 14.3. The van der Waals surface area contributed by atoms with Crippen LogP contribution in [0.1, 0.15) is 79.1 Å². The number of morpholine rings is 1. The van der Waals surface area contributed by atoms with Gasteiger partial charge in [-0.05, 0) is 71.1 Å². The topological polar surface area (TPSA) is 60.0 Å². The van der Waals surface area contributed by atoms with Gasteiger partial charge in [-0.3, -0.25) is 0 Å². The van der Waals surface area contributed by atoms with Crippen molar-refractivity contribution < 1.29 is 19.0 Å². The van der Waals surface area contributed by atoms with E-state index in [0.29, 0.717) is 37.1 Å². The van der Waals surface area contributed by atoms with Crippen molar-refractivity contribution in [3.63, 3.8) is 0 Å². The molecule has 1 amide bonds. The van der Waals surface area contributed by atoms with Crippen LogP contribution in [0, 0.1) is 11.3 Å². The van der Waals surface area contributed by atoms with Gasteiger partial charge in [0.25, 0.3) is 0 Å². The fourth-order valence-corrected chi connectivity index (χ4v) is 5.65. The minimum Gasteiger partial charge on any atom is -0.444 e. The van der Waals surface area contributed by atoms with E-state index in [0.717, 1.165) is 32.6 Å². The molecule has 3 aliphatic rings. The van der Waals surface area contributed by atoms with Gasteiger partial charge >= 0.3 is 6.09 Å². The summed E-state index contributed by atoms with van der Waals surface area (Å²) in [6.45, 7) is 12.5. The van der Waals surface area contributed by atoms with Crippen LogP contribution in [0.3, 0.4) is 0 Å². The maximum absolute atomic E-state index is 12.9. The predicted octanol–water partition coefficient (Wildman–Crippen LogP) is 4.37. The van der Waals surface area contributed by atoms with Gasteiger partial charge in [0, 0.05) is 32.3 Å². The molecule has 1 N–H and O–H groups in total. The Hall–Kier alpha value is -0.850. The van der Waals surface area contributed by atoms with Crippen LogP contribution in [0.4, 0.5) is 4.79 Å². The number of hydrogen-bond donors (Lipinski definition) is 1. The summed E-state index contributed by atoms with van der Waals surface area (Å²) >= 11 is 0. The monoisotopic (exact) mass is 424 g/mol. The van der Waals surface area contributed by atoms with Crippen LogP contribution in [0.2, 0.25) is 0 Å². The normalized spacial score (nSPS) is 29.3. The molecule has 0 aromatic heterocycles. The average molecular weight is 425 g/mol. The molecular formula is C24H44N2O4. The first-order valence-corrected chi connectivity index (χ1v) is 12.2. The molecular weight excluding hydrogens is 380 g/mol. The van der Waals surface area contributed by atoms with Gasteiger partial charge in [-0.1, -0.05) is 19.3 Å². The van der Waals surface area contributed by atoms with Crippen LogP contribution in [0.25, 0.3) is 0 Å². The summed E-state index contributed by atoms with van der Waals surface area (Å²) in [5.41, 5.74) is -0.0844. The summed E-state index contributed by atoms with van der Waals surface area (Å²) in [4.78, 5) is 14.8. The molecule has 30 heavy (non-hydrogen) atoms. The standard InChI is InChI=1S/C24H44N2O4/c1-5-28-15-13-24(11-6-7-12-24)18-25-20-10-8-9-19(20)21-17-29-16-14-26(21)22(27)30-23(2,3)4/h19-21,25H,5-18H2,1-4H3/t19-,20+,21+/m0/s1. The molecule has 174 valence electrons. The van der Waals surface area contributed by atoms with E-state index in [1.807, 2.05) is 25.7 Å². The summed E-state index contributed by atoms with van der Waals surface area (Å²) < 4.78 is 17.2. The maximum atomic E-state index is 12.9. The molecule has 3 fully saturated rings. The third-order valence-corrected chi connectivity index (χ3v) is 7.24. The van der Waals surface area contributed by atoms with Gasteiger partial charge in [-0.2, -0.15) is 0 Å². The summed E-state index contributed by atoms with van der Waals surface area (Å²) in [7, 11) is 0. The van der Waals surface area contributed by atoms with Crippen LogP contribution in [0.15, 0.2) is 0 Å². The minimum absolute atomic E-state index is 0.108. The molecule has 3 rings (SSSR count). The highest BCUT2D eigenvalue weighted by molar-refractivity contribution is 5.68. The van der Waals surface area contributed by atoms with E-state index in [9.17, 15) is 4.79 Å². The molecule has 1 saturated heterocycles. The molecule has 0 aromatic rings. The van der Waals surface area contributed by atoms with Crippen molar-refractivity contribution in [3.8, 4) is 0 Å². The highest BCUT2D eigenvalue weighted by Gasteiger charge is 2.42. The van der Waals surface area contributed by atoms with Gasteiger partial charge in [0.2, 0.25) is 0 Å². The second-order valence-electron chi connectivity index (χ2n) is 10.6. The molecule has 2 aliphatic carbocycles. The van der Waals surface area contributed by atoms with Crippen molar-refractivity contribution in [2.45, 2.75) is 96.7 Å². The molecule has 0 bridgehead atoms. The summed E-state index contributed by atoms with van der Waals surface area (Å²) in [6.07, 6.45) is 9.80. The molecule has 1 heterocycles. The Morgan fingerprint density at radius 3 is 2.67 bits per heavy atom. The van der Waals surface area contributed by atoms with E-state index in [1.165, 1.54) is 38.5 Å². The Morgan fingerprint density at radius 2 is 1.97 bits per heavy atom. The predicted molar refractivity (Wildman–Crippen MR) is 119 cm³/mol. The second-order valence-corrected chi connectivity index (χ2v) is 10.6. The number of carbonyl (C=O) groups is 1. The summed E-state index contributed by atoms with van der Waals surface area (Å²) in [6, 6.07) is 0.558. The highest BCUT2D eigenvalue weighted by atomic mass is 16.6. The Morgan fingerprint density at radius 1 is 1.20 bits per heavy atom. The van der Waals surface area contributed by atoms with Crippen molar-refractivity contribution in [1.29, 1.82) is 0 Å². The van der Waals surface area contributed by atoms with Gasteiger partial charge < -0.3 is 24.4 Å². The van der Waals surface area contributed by atoms with Crippen molar-refractivity contribution >= 4 is 6.09 Å². The zero-order chi connectivity index (χ0) is 21.6. The van der Waals surface area contributed by atoms with E-state index >= 15 is 0 Å². The van der Waals surface area contributed by atoms with Crippen LogP contribution in [-0.4, -0.2) is 68.2 Å². The van der Waals surface area contributed by atoms with Gasteiger partial charge in [0.15, 0.2) is 0 Å². The van der Waals surface area contributed by atoms with Crippen LogP contribution < -0.4 is 5.32 Å². The lowest BCUT2D eigenvalue weighted by Gasteiger charge is -2.42. The highest BCUT2D eigenvalue weighted by Crippen LogP contribution is 2.41. The fourth-order valence-electron chi connectivity index (χ4n) is 5.65. The van der Waals surface area contributed by atoms with E-state index in [4.69, 9.17) is 14.2 Å². The number of rotatable bonds is 8. The quantitative estimate of drug-likeness (QED) is 0.587. The number of amides is 1. The number of hydrogen-bond acceptors (Lipinski definition) is 5. The Balaban J connectivity index is 1.61. The van der Waals surface area contributed by atoms with Gasteiger partial charge in [0.05, 0.1) is 19.3 Å². The summed E-state index contributed by atoms with van der Waals surface area (Å²) in [5.74, 6) is 0.433. The third kappa shape index (κ3) is 6.33. The van der Waals surface area contributed by atoms with Gasteiger partial charge in [-0.25, -0.2) is 4.79 Å². The number of nitrogens with zero attached hydrogens (tertiary/aromatic N) is 1. The first kappa shape index (κ1) is 23.8. The van der Waals surface area contributed by atoms with Crippen molar-refractivity contribution in [2.75, 3.05) is 39.5 Å². The number of ether oxygens (including phenoxy) is 3. The van der Waals surface area contributed by atoms with Gasteiger partial charge in [-0.15, -0.1) is 0 Å². The third-order valence-electron chi connectivity index (χ3n) is 7.24. The lowest BCUT2D eigenvalue weighted by Crippen LogP contribution is -2.56. The summed E-state index contributed by atoms with van der Waals surface area (Å²) in [5, 5.41) is 3.96. The van der Waals surface area contributed by atoms with E-state index in [1.54, 1.807) is 0 Å². The minimum atomic E-state index is -0.470. The van der Waals surface area contributed by atoms with Crippen LogP contribution >= 0.6 is 0 Å². The van der Waals surface area contributed by atoms with Crippen LogP contribution in [0.5, 0.6) is 0 Å². The molecule has 0 aromatic carbocycles. The molecule has 6 nitrogen and oxygen atoms in total. The van der Waals surface area contributed by atoms with E-state index in [2.05, 4.69) is 12.2 Å². The van der Waals surface area contributed by atoms with Crippen molar-refractivity contribution in [2.24, 2.45) is 11.3 Å². The van der Waals surface area contributed by atoms with Crippen LogP contribution in [-0.2, 0) is 14.2 Å². The first-order valence-electron chi connectivity index (χ1n) is 12.2. The maximum Gasteiger partial charge on any atom is 0.410 e. The zero-order valence-corrected chi connectivity index (χ0v) is 19.7. The van der Waals surface area contributed by atoms with E-state index < -0.39 is 5.60 Å². The SMILES string of the molecule is CCOCCC1(CN[C@@H]2CCC[C@@H]2[C@H]2COCCN2C(=O)OC(C)(C)C)CCCC1. The Kier molecular flexibility index (Phi) is 8.45. The fraction of sp³-hybridized carbons (Fsp3) is 0.958. The largest absolute Gasteiger partial charge is 0.444 e. The lowest BCUT2D eigenvalue weighted by atomic mass is 9.82. The molecule has 2 saturated carbocycles. The average Bonchev–Trinajstić information content (AvgIpc) is 3.35. The molecule has 1 aliphatic heterocycles.